The third kappa shape index (κ3) is 3.84. The average molecular weight is 285 g/mol. The molecule has 0 saturated carbocycles. The van der Waals surface area contributed by atoms with E-state index in [1.807, 2.05) is 6.07 Å². The van der Waals surface area contributed by atoms with E-state index < -0.39 is 10.0 Å². The smallest absolute Gasteiger partial charge is 0.207 e. The molecular formula is C12H13ClN2O2S. The van der Waals surface area contributed by atoms with Crippen molar-refractivity contribution in [1.29, 1.82) is 5.26 Å². The van der Waals surface area contributed by atoms with Gasteiger partial charge in [0, 0.05) is 12.4 Å². The Hall–Kier alpha value is -1.35. The zero-order valence-corrected chi connectivity index (χ0v) is 11.4. The number of sulfonamides is 1. The molecule has 6 heteroatoms. The number of rotatable bonds is 5. The normalized spacial score (nSPS) is 11.6. The number of nitrogens with zero attached hydrogens (tertiary/aromatic N) is 1. The highest BCUT2D eigenvalue weighted by atomic mass is 35.5. The average Bonchev–Trinajstić information content (AvgIpc) is 2.35. The molecular weight excluding hydrogens is 272 g/mol. The van der Waals surface area contributed by atoms with Gasteiger partial charge in [-0.25, -0.2) is 13.1 Å². The van der Waals surface area contributed by atoms with Crippen LogP contribution in [0.4, 0.5) is 0 Å². The predicted octanol–water partition coefficient (Wildman–Crippen LogP) is 1.94. The number of allylic oxidation sites excluding steroid dienone is 1. The van der Waals surface area contributed by atoms with Crippen molar-refractivity contribution in [2.24, 2.45) is 0 Å². The van der Waals surface area contributed by atoms with E-state index >= 15 is 0 Å². The Kier molecular flexibility index (Phi) is 5.35. The second kappa shape index (κ2) is 6.55. The van der Waals surface area contributed by atoms with Gasteiger partial charge in [-0.1, -0.05) is 18.2 Å². The molecule has 1 aromatic rings. The summed E-state index contributed by atoms with van der Waals surface area (Å²) in [5.74, 6) is 0.338. The molecule has 0 atom stereocenters. The van der Waals surface area contributed by atoms with E-state index in [0.29, 0.717) is 17.0 Å². The van der Waals surface area contributed by atoms with Gasteiger partial charge in [0.1, 0.15) is 0 Å². The maximum Gasteiger partial charge on any atom is 0.241 e. The molecule has 0 aliphatic heterocycles. The van der Waals surface area contributed by atoms with Crippen LogP contribution < -0.4 is 4.72 Å². The Morgan fingerprint density at radius 2 is 2.17 bits per heavy atom. The first-order valence-corrected chi connectivity index (χ1v) is 7.24. The van der Waals surface area contributed by atoms with E-state index in [2.05, 4.69) is 4.72 Å². The zero-order chi connectivity index (χ0) is 13.6. The molecule has 0 aromatic heterocycles. The number of aryl methyl sites for hydroxylation is 1. The summed E-state index contributed by atoms with van der Waals surface area (Å²) in [5.41, 5.74) is 0.917. The molecule has 96 valence electrons. The molecule has 4 nitrogen and oxygen atoms in total. The predicted molar refractivity (Wildman–Crippen MR) is 70.9 cm³/mol. The minimum atomic E-state index is -3.60. The van der Waals surface area contributed by atoms with Crippen molar-refractivity contribution in [3.8, 4) is 6.07 Å². The largest absolute Gasteiger partial charge is 0.241 e. The van der Waals surface area contributed by atoms with Gasteiger partial charge >= 0.3 is 0 Å². The van der Waals surface area contributed by atoms with Crippen molar-refractivity contribution in [2.45, 2.75) is 11.8 Å². The van der Waals surface area contributed by atoms with Gasteiger partial charge in [0.25, 0.3) is 0 Å². The Labute approximate surface area is 112 Å². The molecule has 0 spiro atoms. The lowest BCUT2D eigenvalue weighted by atomic mass is 10.2. The van der Waals surface area contributed by atoms with Crippen molar-refractivity contribution in [1.82, 2.24) is 4.72 Å². The number of benzene rings is 1. The summed E-state index contributed by atoms with van der Waals surface area (Å²) in [6, 6.07) is 6.48. The second-order valence-corrected chi connectivity index (χ2v) is 5.61. The van der Waals surface area contributed by atoms with Gasteiger partial charge in [0.15, 0.2) is 0 Å². The molecule has 18 heavy (non-hydrogen) atoms. The number of halogens is 1. The molecule has 0 radical (unpaired) electrons. The van der Waals surface area contributed by atoms with E-state index in [1.165, 1.54) is 6.07 Å². The van der Waals surface area contributed by atoms with Gasteiger partial charge in [-0.2, -0.15) is 5.26 Å². The number of hydrogen-bond acceptors (Lipinski definition) is 3. The highest BCUT2D eigenvalue weighted by Crippen LogP contribution is 2.16. The Balaban J connectivity index is 2.98. The lowest BCUT2D eigenvalue weighted by molar-refractivity contribution is 0.585. The van der Waals surface area contributed by atoms with E-state index in [9.17, 15) is 8.42 Å². The Morgan fingerprint density at radius 1 is 1.44 bits per heavy atom. The van der Waals surface area contributed by atoms with Gasteiger partial charge in [0.05, 0.1) is 16.5 Å². The van der Waals surface area contributed by atoms with Gasteiger partial charge in [-0.3, -0.25) is 0 Å². The molecule has 0 fully saturated rings. The molecule has 0 unspecified atom stereocenters. The van der Waals surface area contributed by atoms with Crippen molar-refractivity contribution in [3.63, 3.8) is 0 Å². The molecule has 0 amide bonds. The van der Waals surface area contributed by atoms with Crippen LogP contribution in [0.25, 0.3) is 0 Å². The molecule has 0 aliphatic carbocycles. The Bertz CT molecular complexity index is 589. The SMILES string of the molecule is Cc1ccc(C#N)cc1S(=O)(=O)NC/C=C/CCl. The molecule has 1 rings (SSSR count). The van der Waals surface area contributed by atoms with E-state index in [4.69, 9.17) is 16.9 Å². The lowest BCUT2D eigenvalue weighted by Crippen LogP contribution is -2.24. The van der Waals surface area contributed by atoms with E-state index in [1.54, 1.807) is 31.2 Å². The fourth-order valence-electron chi connectivity index (χ4n) is 1.34. The van der Waals surface area contributed by atoms with Gasteiger partial charge < -0.3 is 0 Å². The topological polar surface area (TPSA) is 70.0 Å². The lowest BCUT2D eigenvalue weighted by Gasteiger charge is -2.08. The summed E-state index contributed by atoms with van der Waals surface area (Å²) in [6.45, 7) is 1.86. The van der Waals surface area contributed by atoms with Crippen LogP contribution in [0.3, 0.4) is 0 Å². The van der Waals surface area contributed by atoms with E-state index in [-0.39, 0.29) is 11.4 Å². The fraction of sp³-hybridized carbons (Fsp3) is 0.250. The first-order valence-electron chi connectivity index (χ1n) is 5.22. The van der Waals surface area contributed by atoms with Gasteiger partial charge in [-0.05, 0) is 24.6 Å². The quantitative estimate of drug-likeness (QED) is 0.663. The number of nitrogens with one attached hydrogen (secondary N) is 1. The molecule has 0 heterocycles. The molecule has 1 aromatic carbocycles. The number of alkyl halides is 1. The summed E-state index contributed by atoms with van der Waals surface area (Å²) in [6.07, 6.45) is 3.29. The van der Waals surface area contributed by atoms with Crippen molar-refractivity contribution in [3.05, 3.63) is 41.5 Å². The minimum Gasteiger partial charge on any atom is -0.207 e. The third-order valence-corrected chi connectivity index (χ3v) is 4.00. The van der Waals surface area contributed by atoms with Crippen LogP contribution in [0.15, 0.2) is 35.2 Å². The highest BCUT2D eigenvalue weighted by Gasteiger charge is 2.16. The van der Waals surface area contributed by atoms with Crippen LogP contribution in [-0.2, 0) is 10.0 Å². The van der Waals surface area contributed by atoms with Crippen LogP contribution in [0.1, 0.15) is 11.1 Å². The summed E-state index contributed by atoms with van der Waals surface area (Å²) in [7, 11) is -3.60. The number of hydrogen-bond donors (Lipinski definition) is 1. The summed E-state index contributed by atoms with van der Waals surface area (Å²) < 4.78 is 26.4. The minimum absolute atomic E-state index is 0.126. The number of nitriles is 1. The Morgan fingerprint density at radius 3 is 2.78 bits per heavy atom. The second-order valence-electron chi connectivity index (χ2n) is 3.57. The van der Waals surface area contributed by atoms with Crippen molar-refractivity contribution < 1.29 is 8.42 Å². The monoisotopic (exact) mass is 284 g/mol. The van der Waals surface area contributed by atoms with Crippen LogP contribution in [0.2, 0.25) is 0 Å². The maximum absolute atomic E-state index is 12.0. The summed E-state index contributed by atoms with van der Waals surface area (Å²) >= 11 is 5.43. The third-order valence-electron chi connectivity index (χ3n) is 2.25. The van der Waals surface area contributed by atoms with Crippen LogP contribution in [0, 0.1) is 18.3 Å². The van der Waals surface area contributed by atoms with Crippen LogP contribution in [0.5, 0.6) is 0 Å². The fourth-order valence-corrected chi connectivity index (χ4v) is 2.71. The highest BCUT2D eigenvalue weighted by molar-refractivity contribution is 7.89. The molecule has 1 N–H and O–H groups in total. The molecule has 0 bridgehead atoms. The van der Waals surface area contributed by atoms with E-state index in [0.717, 1.165) is 0 Å². The summed E-state index contributed by atoms with van der Waals surface area (Å²) in [4.78, 5) is 0.126. The molecule has 0 saturated heterocycles. The summed E-state index contributed by atoms with van der Waals surface area (Å²) in [5, 5.41) is 8.77. The van der Waals surface area contributed by atoms with Crippen LogP contribution in [-0.4, -0.2) is 20.8 Å². The molecule has 0 aliphatic rings. The van der Waals surface area contributed by atoms with Crippen molar-refractivity contribution >= 4 is 21.6 Å². The van der Waals surface area contributed by atoms with Gasteiger partial charge in [-0.15, -0.1) is 11.6 Å². The first-order chi connectivity index (χ1) is 8.51. The van der Waals surface area contributed by atoms with Gasteiger partial charge in [0.2, 0.25) is 10.0 Å². The first kappa shape index (κ1) is 14.7. The zero-order valence-electron chi connectivity index (χ0n) is 9.85. The standard InChI is InChI=1S/C12H13ClN2O2S/c1-10-4-5-11(9-14)8-12(10)18(16,17)15-7-3-2-6-13/h2-5,8,15H,6-7H2,1H3/b3-2+. The van der Waals surface area contributed by atoms with Crippen LogP contribution >= 0.6 is 11.6 Å². The van der Waals surface area contributed by atoms with Crippen molar-refractivity contribution in [2.75, 3.05) is 12.4 Å². The maximum atomic E-state index is 12.0.